The highest BCUT2D eigenvalue weighted by Gasteiger charge is 2.41. The standard InChI is InChI=1S/C19H25FN4O3/c1-27-16-4-5-17(20)15(12-16)13-23-9-2-6-19(26,18(23)25)14-21-8-11-24-10-3-7-22-24/h3-5,7,10,12,21,26H,2,6,8-9,11,13-14H2,1H3/t19-/m1/s1. The molecule has 1 atom stereocenters. The van der Waals surface area contributed by atoms with Crippen LogP contribution >= 0.6 is 0 Å². The van der Waals surface area contributed by atoms with Gasteiger partial charge in [-0.15, -0.1) is 0 Å². The van der Waals surface area contributed by atoms with Crippen LogP contribution in [-0.2, 0) is 17.9 Å². The van der Waals surface area contributed by atoms with Crippen molar-refractivity contribution in [3.05, 3.63) is 48.0 Å². The number of aliphatic hydroxyl groups is 1. The van der Waals surface area contributed by atoms with Gasteiger partial charge in [-0.25, -0.2) is 4.39 Å². The van der Waals surface area contributed by atoms with Gasteiger partial charge in [0.25, 0.3) is 5.91 Å². The van der Waals surface area contributed by atoms with E-state index < -0.39 is 11.4 Å². The van der Waals surface area contributed by atoms with Crippen molar-refractivity contribution in [3.63, 3.8) is 0 Å². The first-order valence-electron chi connectivity index (χ1n) is 9.04. The fraction of sp³-hybridized carbons (Fsp3) is 0.474. The Morgan fingerprint density at radius 2 is 2.30 bits per heavy atom. The summed E-state index contributed by atoms with van der Waals surface area (Å²) < 4.78 is 21.0. The van der Waals surface area contributed by atoms with Crippen molar-refractivity contribution in [3.8, 4) is 5.75 Å². The highest BCUT2D eigenvalue weighted by molar-refractivity contribution is 5.86. The number of hydrogen-bond donors (Lipinski definition) is 2. The molecule has 0 spiro atoms. The molecular formula is C19H25FN4O3. The predicted octanol–water partition coefficient (Wildman–Crippen LogP) is 1.17. The second-order valence-electron chi connectivity index (χ2n) is 6.77. The van der Waals surface area contributed by atoms with E-state index in [1.807, 2.05) is 12.3 Å². The van der Waals surface area contributed by atoms with Crippen molar-refractivity contribution in [2.45, 2.75) is 31.5 Å². The normalized spacial score (nSPS) is 20.1. The maximum atomic E-state index is 14.1. The number of nitrogens with zero attached hydrogens (tertiary/aromatic N) is 3. The fourth-order valence-corrected chi connectivity index (χ4v) is 3.31. The summed E-state index contributed by atoms with van der Waals surface area (Å²) in [6, 6.07) is 6.29. The summed E-state index contributed by atoms with van der Waals surface area (Å²) in [6.07, 6.45) is 4.60. The second kappa shape index (κ2) is 8.49. The van der Waals surface area contributed by atoms with Crippen molar-refractivity contribution < 1.29 is 19.0 Å². The van der Waals surface area contributed by atoms with E-state index in [9.17, 15) is 14.3 Å². The Morgan fingerprint density at radius 1 is 1.44 bits per heavy atom. The largest absolute Gasteiger partial charge is 0.497 e. The second-order valence-corrected chi connectivity index (χ2v) is 6.77. The van der Waals surface area contributed by atoms with Crippen LogP contribution in [0.2, 0.25) is 0 Å². The van der Waals surface area contributed by atoms with Crippen molar-refractivity contribution >= 4 is 5.91 Å². The van der Waals surface area contributed by atoms with Crippen molar-refractivity contribution in [1.29, 1.82) is 0 Å². The summed E-state index contributed by atoms with van der Waals surface area (Å²) in [7, 11) is 1.51. The molecule has 3 rings (SSSR count). The lowest BCUT2D eigenvalue weighted by Crippen LogP contribution is -2.57. The minimum absolute atomic E-state index is 0.109. The van der Waals surface area contributed by atoms with Crippen LogP contribution < -0.4 is 10.1 Å². The number of carbonyl (C=O) groups excluding carboxylic acids is 1. The summed E-state index contributed by atoms with van der Waals surface area (Å²) in [5, 5.41) is 18.1. The van der Waals surface area contributed by atoms with E-state index >= 15 is 0 Å². The monoisotopic (exact) mass is 376 g/mol. The van der Waals surface area contributed by atoms with Gasteiger partial charge in [0.15, 0.2) is 5.60 Å². The maximum absolute atomic E-state index is 14.1. The van der Waals surface area contributed by atoms with Gasteiger partial charge in [0.1, 0.15) is 11.6 Å². The number of likely N-dealkylation sites (tertiary alicyclic amines) is 1. The van der Waals surface area contributed by atoms with E-state index in [2.05, 4.69) is 10.4 Å². The molecule has 1 aliphatic heterocycles. The van der Waals surface area contributed by atoms with Gasteiger partial charge in [0.2, 0.25) is 0 Å². The number of rotatable bonds is 8. The smallest absolute Gasteiger partial charge is 0.256 e. The first-order valence-corrected chi connectivity index (χ1v) is 9.04. The number of benzene rings is 1. The third-order valence-electron chi connectivity index (χ3n) is 4.81. The first kappa shape index (κ1) is 19.3. The Morgan fingerprint density at radius 3 is 3.04 bits per heavy atom. The molecule has 1 saturated heterocycles. The molecule has 146 valence electrons. The Bertz CT molecular complexity index is 768. The molecule has 8 heteroatoms. The predicted molar refractivity (Wildman–Crippen MR) is 97.6 cm³/mol. The molecule has 1 aliphatic rings. The lowest BCUT2D eigenvalue weighted by Gasteiger charge is -2.38. The molecule has 27 heavy (non-hydrogen) atoms. The van der Waals surface area contributed by atoms with E-state index in [0.29, 0.717) is 43.8 Å². The number of ether oxygens (including phenoxy) is 1. The molecule has 2 N–H and O–H groups in total. The number of piperidine rings is 1. The van der Waals surface area contributed by atoms with Gasteiger partial charge < -0.3 is 20.1 Å². The number of methoxy groups -OCH3 is 1. The molecule has 1 fully saturated rings. The molecule has 7 nitrogen and oxygen atoms in total. The van der Waals surface area contributed by atoms with Crippen LogP contribution in [0.1, 0.15) is 18.4 Å². The molecule has 0 unspecified atom stereocenters. The van der Waals surface area contributed by atoms with Crippen LogP contribution in [0.25, 0.3) is 0 Å². The molecule has 2 heterocycles. The number of halogens is 1. The Hall–Kier alpha value is -2.45. The van der Waals surface area contributed by atoms with Crippen LogP contribution in [-0.4, -0.2) is 58.0 Å². The van der Waals surface area contributed by atoms with Gasteiger partial charge in [-0.2, -0.15) is 5.10 Å². The van der Waals surface area contributed by atoms with Crippen molar-refractivity contribution in [2.24, 2.45) is 0 Å². The molecule has 0 saturated carbocycles. The third kappa shape index (κ3) is 4.64. The van der Waals surface area contributed by atoms with Crippen molar-refractivity contribution in [1.82, 2.24) is 20.0 Å². The van der Waals surface area contributed by atoms with Crippen LogP contribution in [0.5, 0.6) is 5.75 Å². The van der Waals surface area contributed by atoms with Gasteiger partial charge in [-0.05, 0) is 37.1 Å². The number of nitrogens with one attached hydrogen (secondary N) is 1. The Labute approximate surface area is 157 Å². The van der Waals surface area contributed by atoms with Crippen molar-refractivity contribution in [2.75, 3.05) is 26.7 Å². The zero-order chi connectivity index (χ0) is 19.3. The van der Waals surface area contributed by atoms with Gasteiger partial charge >= 0.3 is 0 Å². The average Bonchev–Trinajstić information content (AvgIpc) is 3.18. The Kier molecular flexibility index (Phi) is 6.08. The van der Waals surface area contributed by atoms with Crippen LogP contribution in [0.3, 0.4) is 0 Å². The van der Waals surface area contributed by atoms with E-state index in [0.717, 1.165) is 0 Å². The van der Waals surface area contributed by atoms with E-state index in [1.165, 1.54) is 24.1 Å². The topological polar surface area (TPSA) is 79.6 Å². The van der Waals surface area contributed by atoms with E-state index in [1.54, 1.807) is 16.9 Å². The van der Waals surface area contributed by atoms with Gasteiger partial charge in [0.05, 0.1) is 13.7 Å². The first-order chi connectivity index (χ1) is 13.0. The summed E-state index contributed by atoms with van der Waals surface area (Å²) >= 11 is 0. The highest BCUT2D eigenvalue weighted by atomic mass is 19.1. The minimum Gasteiger partial charge on any atom is -0.497 e. The average molecular weight is 376 g/mol. The zero-order valence-electron chi connectivity index (χ0n) is 15.4. The molecular weight excluding hydrogens is 351 g/mol. The summed E-state index contributed by atoms with van der Waals surface area (Å²) in [5.41, 5.74) is -1.10. The lowest BCUT2D eigenvalue weighted by molar-refractivity contribution is -0.157. The molecule has 0 aliphatic carbocycles. The molecule has 0 bridgehead atoms. The summed E-state index contributed by atoms with van der Waals surface area (Å²) in [6.45, 7) is 1.99. The third-order valence-corrected chi connectivity index (χ3v) is 4.81. The maximum Gasteiger partial charge on any atom is 0.256 e. The number of carbonyl (C=O) groups is 1. The number of amides is 1. The minimum atomic E-state index is -1.47. The van der Waals surface area contributed by atoms with Crippen LogP contribution in [0, 0.1) is 5.82 Å². The van der Waals surface area contributed by atoms with Gasteiger partial charge in [0, 0.05) is 44.1 Å². The Balaban J connectivity index is 1.59. The summed E-state index contributed by atoms with van der Waals surface area (Å²) in [4.78, 5) is 14.3. The van der Waals surface area contributed by atoms with Crippen LogP contribution in [0.15, 0.2) is 36.7 Å². The van der Waals surface area contributed by atoms with E-state index in [-0.39, 0.29) is 19.0 Å². The molecule has 1 amide bonds. The lowest BCUT2D eigenvalue weighted by atomic mass is 9.91. The van der Waals surface area contributed by atoms with Gasteiger partial charge in [-0.1, -0.05) is 0 Å². The quantitative estimate of drug-likeness (QED) is 0.677. The number of hydrogen-bond acceptors (Lipinski definition) is 5. The molecule has 2 aromatic rings. The van der Waals surface area contributed by atoms with Gasteiger partial charge in [-0.3, -0.25) is 9.48 Å². The molecule has 1 aromatic heterocycles. The zero-order valence-corrected chi connectivity index (χ0v) is 15.4. The molecule has 0 radical (unpaired) electrons. The molecule has 1 aromatic carbocycles. The fourth-order valence-electron chi connectivity index (χ4n) is 3.31. The van der Waals surface area contributed by atoms with Crippen LogP contribution in [0.4, 0.5) is 4.39 Å². The SMILES string of the molecule is COc1ccc(F)c(CN2CCC[C@@](O)(CNCCn3cccn3)C2=O)c1. The van der Waals surface area contributed by atoms with E-state index in [4.69, 9.17) is 4.74 Å². The highest BCUT2D eigenvalue weighted by Crippen LogP contribution is 2.25. The summed E-state index contributed by atoms with van der Waals surface area (Å²) in [5.74, 6) is -0.232. The number of aromatic nitrogens is 2.